The Hall–Kier alpha value is -1.62. The van der Waals surface area contributed by atoms with Gasteiger partial charge in [0.25, 0.3) is 5.91 Å². The summed E-state index contributed by atoms with van der Waals surface area (Å²) in [5.74, 6) is -1.03. The van der Waals surface area contributed by atoms with E-state index in [0.29, 0.717) is 5.56 Å². The molecular formula is C14H20N2O6S. The minimum Gasteiger partial charge on any atom is -0.394 e. The van der Waals surface area contributed by atoms with Crippen molar-refractivity contribution in [3.8, 4) is 0 Å². The first kappa shape index (κ1) is 19.4. The highest BCUT2D eigenvalue weighted by molar-refractivity contribution is 7.80. The number of carbonyl (C=O) groups excluding carboxylic acids is 1. The van der Waals surface area contributed by atoms with Crippen LogP contribution in [0.2, 0.25) is 0 Å². The van der Waals surface area contributed by atoms with E-state index in [2.05, 4.69) is 5.43 Å². The molecule has 1 amide bonds. The van der Waals surface area contributed by atoms with Crippen molar-refractivity contribution in [2.75, 3.05) is 13.7 Å². The van der Waals surface area contributed by atoms with Gasteiger partial charge in [-0.15, -0.1) is 0 Å². The average Bonchev–Trinajstić information content (AvgIpc) is 2.58. The first-order valence-corrected chi connectivity index (χ1v) is 7.17. The molecule has 0 heterocycles. The number of carbonyl (C=O) groups is 1. The Bertz CT molecular complexity index is 529. The molecule has 6 N–H and O–H groups in total. The van der Waals surface area contributed by atoms with Crippen molar-refractivity contribution >= 4 is 23.1 Å². The van der Waals surface area contributed by atoms with Gasteiger partial charge in [0, 0.05) is 12.6 Å². The first-order valence-electron chi connectivity index (χ1n) is 6.76. The number of amides is 1. The molecule has 1 aromatic rings. The molecule has 0 saturated heterocycles. The zero-order valence-electron chi connectivity index (χ0n) is 12.4. The van der Waals surface area contributed by atoms with E-state index in [1.165, 1.54) is 12.1 Å². The summed E-state index contributed by atoms with van der Waals surface area (Å²) in [6, 6.07) is 8.80. The van der Waals surface area contributed by atoms with Crippen LogP contribution in [0, 0.1) is 0 Å². The number of rotatable bonds is 6. The second kappa shape index (κ2) is 8.87. The van der Waals surface area contributed by atoms with Crippen LogP contribution in [0.1, 0.15) is 5.56 Å². The topological polar surface area (TPSA) is 133 Å². The van der Waals surface area contributed by atoms with Crippen LogP contribution in [-0.2, 0) is 4.79 Å². The maximum Gasteiger partial charge on any atom is 0.270 e. The number of nitrogens with one attached hydrogen (secondary N) is 1. The van der Waals surface area contributed by atoms with E-state index >= 15 is 0 Å². The highest BCUT2D eigenvalue weighted by Gasteiger charge is 2.34. The van der Waals surface area contributed by atoms with E-state index in [0.717, 1.165) is 0 Å². The standard InChI is InChI=1S/C14H20N2O6S/c1-16(14(23)8-5-3-2-4-6-8)15-13(22)12(21)11(20)10(19)9(18)7-17/h2-6,9-12,17-21H,7H2,1H3,(H,15,22)/t9-,10-,11+,12+/m1/s1. The lowest BCUT2D eigenvalue weighted by atomic mass is 10.0. The van der Waals surface area contributed by atoms with E-state index in [4.69, 9.17) is 17.3 Å². The van der Waals surface area contributed by atoms with Gasteiger partial charge in [0.1, 0.15) is 23.3 Å². The van der Waals surface area contributed by atoms with Crippen LogP contribution >= 0.6 is 12.2 Å². The Morgan fingerprint density at radius 2 is 1.74 bits per heavy atom. The van der Waals surface area contributed by atoms with Crippen LogP contribution in [-0.4, -0.2) is 79.5 Å². The van der Waals surface area contributed by atoms with Gasteiger partial charge in [-0.25, -0.2) is 0 Å². The van der Waals surface area contributed by atoms with E-state index in [-0.39, 0.29) is 4.99 Å². The number of aliphatic hydroxyl groups excluding tert-OH is 5. The lowest BCUT2D eigenvalue weighted by molar-refractivity contribution is -0.151. The van der Waals surface area contributed by atoms with Gasteiger partial charge < -0.3 is 25.5 Å². The molecule has 0 bridgehead atoms. The summed E-state index contributed by atoms with van der Waals surface area (Å²) in [6.45, 7) is -0.829. The molecule has 128 valence electrons. The first-order chi connectivity index (χ1) is 10.8. The van der Waals surface area contributed by atoms with Crippen LogP contribution < -0.4 is 5.43 Å². The maximum absolute atomic E-state index is 11.9. The van der Waals surface area contributed by atoms with Gasteiger partial charge in [0.05, 0.1) is 6.61 Å². The molecule has 0 radical (unpaired) electrons. The molecule has 0 saturated carbocycles. The predicted molar refractivity (Wildman–Crippen MR) is 85.2 cm³/mol. The highest BCUT2D eigenvalue weighted by atomic mass is 32.1. The van der Waals surface area contributed by atoms with Crippen molar-refractivity contribution in [3.05, 3.63) is 35.9 Å². The van der Waals surface area contributed by atoms with Crippen molar-refractivity contribution in [2.45, 2.75) is 24.4 Å². The Balaban J connectivity index is 2.65. The number of hydrogen-bond acceptors (Lipinski definition) is 7. The van der Waals surface area contributed by atoms with E-state index in [1.54, 1.807) is 30.3 Å². The Morgan fingerprint density at radius 3 is 2.26 bits per heavy atom. The molecule has 8 nitrogen and oxygen atoms in total. The molecule has 0 unspecified atom stereocenters. The zero-order chi connectivity index (χ0) is 17.6. The zero-order valence-corrected chi connectivity index (χ0v) is 13.2. The summed E-state index contributed by atoms with van der Waals surface area (Å²) in [7, 11) is 1.45. The van der Waals surface area contributed by atoms with Crippen LogP contribution in [0.4, 0.5) is 0 Å². The van der Waals surface area contributed by atoms with Gasteiger partial charge in [-0.05, 0) is 0 Å². The highest BCUT2D eigenvalue weighted by Crippen LogP contribution is 2.07. The van der Waals surface area contributed by atoms with Crippen molar-refractivity contribution in [2.24, 2.45) is 0 Å². The molecule has 0 spiro atoms. The molecule has 0 aliphatic carbocycles. The smallest absolute Gasteiger partial charge is 0.270 e. The molecule has 0 aliphatic rings. The molecule has 23 heavy (non-hydrogen) atoms. The fourth-order valence-corrected chi connectivity index (χ4v) is 1.92. The third-order valence-electron chi connectivity index (χ3n) is 3.13. The molecule has 1 aromatic carbocycles. The van der Waals surface area contributed by atoms with E-state index < -0.39 is 36.9 Å². The number of hydrogen-bond donors (Lipinski definition) is 6. The predicted octanol–water partition coefficient (Wildman–Crippen LogP) is -2.24. The van der Waals surface area contributed by atoms with Gasteiger partial charge in [-0.2, -0.15) is 0 Å². The summed E-state index contributed by atoms with van der Waals surface area (Å²) in [4.78, 5) is 12.1. The largest absolute Gasteiger partial charge is 0.394 e. The SMILES string of the molecule is CN(NC(=O)[C@@H](O)[C@@H](O)[C@H](O)[C@H](O)CO)C(=S)c1ccccc1. The fourth-order valence-electron chi connectivity index (χ4n) is 1.73. The second-order valence-corrected chi connectivity index (χ2v) is 5.27. The average molecular weight is 344 g/mol. The molecule has 0 fully saturated rings. The Labute approximate surface area is 138 Å². The third kappa shape index (κ3) is 5.20. The van der Waals surface area contributed by atoms with Gasteiger partial charge in [-0.3, -0.25) is 15.2 Å². The van der Waals surface area contributed by atoms with E-state index in [1.807, 2.05) is 0 Å². The van der Waals surface area contributed by atoms with Gasteiger partial charge in [-0.1, -0.05) is 42.5 Å². The third-order valence-corrected chi connectivity index (χ3v) is 3.64. The minimum absolute atomic E-state index is 0.275. The fraction of sp³-hybridized carbons (Fsp3) is 0.429. The lowest BCUT2D eigenvalue weighted by Crippen LogP contribution is -2.55. The second-order valence-electron chi connectivity index (χ2n) is 4.88. The van der Waals surface area contributed by atoms with Crippen LogP contribution in [0.15, 0.2) is 30.3 Å². The van der Waals surface area contributed by atoms with Gasteiger partial charge in [0.15, 0.2) is 6.10 Å². The molecule has 9 heteroatoms. The van der Waals surface area contributed by atoms with E-state index in [9.17, 15) is 25.2 Å². The number of nitrogens with zero attached hydrogens (tertiary/aromatic N) is 1. The Morgan fingerprint density at radius 1 is 1.17 bits per heavy atom. The van der Waals surface area contributed by atoms with Crippen molar-refractivity contribution < 1.29 is 30.3 Å². The van der Waals surface area contributed by atoms with Crippen molar-refractivity contribution in [1.29, 1.82) is 0 Å². The lowest BCUT2D eigenvalue weighted by Gasteiger charge is -2.27. The normalized spacial score (nSPS) is 16.1. The molecular weight excluding hydrogens is 324 g/mol. The minimum atomic E-state index is -2.02. The quantitative estimate of drug-likeness (QED) is 0.252. The van der Waals surface area contributed by atoms with Crippen molar-refractivity contribution in [3.63, 3.8) is 0 Å². The van der Waals surface area contributed by atoms with Gasteiger partial charge in [0.2, 0.25) is 0 Å². The molecule has 4 atom stereocenters. The number of aliphatic hydroxyl groups is 5. The van der Waals surface area contributed by atoms with Crippen LogP contribution in [0.3, 0.4) is 0 Å². The number of thiocarbonyl (C=S) groups is 1. The summed E-state index contributed by atoms with van der Waals surface area (Å²) in [5.41, 5.74) is 2.92. The molecule has 1 rings (SSSR count). The van der Waals surface area contributed by atoms with Crippen molar-refractivity contribution in [1.82, 2.24) is 10.4 Å². The monoisotopic (exact) mass is 344 g/mol. The van der Waals surface area contributed by atoms with Crippen LogP contribution in [0.25, 0.3) is 0 Å². The Kier molecular flexibility index (Phi) is 7.49. The summed E-state index contributed by atoms with van der Waals surface area (Å²) in [5, 5.41) is 47.9. The van der Waals surface area contributed by atoms with Crippen LogP contribution in [0.5, 0.6) is 0 Å². The summed E-state index contributed by atoms with van der Waals surface area (Å²) < 4.78 is 0. The molecule has 0 aliphatic heterocycles. The summed E-state index contributed by atoms with van der Waals surface area (Å²) >= 11 is 5.17. The summed E-state index contributed by atoms with van der Waals surface area (Å²) in [6.07, 6.45) is -7.56. The van der Waals surface area contributed by atoms with Gasteiger partial charge >= 0.3 is 0 Å². The number of hydrazine groups is 1. The maximum atomic E-state index is 11.9. The molecule has 0 aromatic heterocycles. The number of benzene rings is 1.